The molecule has 0 unspecified atom stereocenters. The molecule has 0 bridgehead atoms. The van der Waals surface area contributed by atoms with Gasteiger partial charge in [0.15, 0.2) is 0 Å². The van der Waals surface area contributed by atoms with Gasteiger partial charge in [-0.1, -0.05) is 19.3 Å². The molecule has 1 fully saturated rings. The van der Waals surface area contributed by atoms with Gasteiger partial charge in [0, 0.05) is 6.04 Å². The van der Waals surface area contributed by atoms with Gasteiger partial charge < -0.3 is 10.2 Å². The van der Waals surface area contributed by atoms with Crippen LogP contribution >= 0.6 is 12.4 Å². The van der Waals surface area contributed by atoms with Crippen LogP contribution in [0.25, 0.3) is 0 Å². The second-order valence-electron chi connectivity index (χ2n) is 3.98. The van der Waals surface area contributed by atoms with E-state index in [0.29, 0.717) is 0 Å². The molecule has 0 saturated heterocycles. The first-order chi connectivity index (χ1) is 7.09. The fourth-order valence-corrected chi connectivity index (χ4v) is 2.11. The maximum Gasteiger partial charge on any atom is 0.317 e. The minimum absolute atomic E-state index is 0. The molecule has 1 rings (SSSR count). The highest BCUT2D eigenvalue weighted by molar-refractivity contribution is 5.85. The van der Waals surface area contributed by atoms with Gasteiger partial charge in [-0.15, -0.1) is 12.4 Å². The lowest BCUT2D eigenvalue weighted by Gasteiger charge is -2.31. The molecule has 94 valence electrons. The van der Waals surface area contributed by atoms with Gasteiger partial charge in [-0.2, -0.15) is 0 Å². The third-order valence-electron chi connectivity index (χ3n) is 2.77. The molecule has 5 nitrogen and oxygen atoms in total. The first-order valence-corrected chi connectivity index (χ1v) is 5.27. The van der Waals surface area contributed by atoms with Crippen LogP contribution in [0.15, 0.2) is 0 Å². The van der Waals surface area contributed by atoms with Crippen LogP contribution in [-0.4, -0.2) is 46.2 Å². The van der Waals surface area contributed by atoms with E-state index in [-0.39, 0.29) is 31.5 Å². The highest BCUT2D eigenvalue weighted by atomic mass is 35.5. The van der Waals surface area contributed by atoms with Gasteiger partial charge in [0.2, 0.25) is 0 Å². The Bertz CT molecular complexity index is 225. The summed E-state index contributed by atoms with van der Waals surface area (Å²) in [6.45, 7) is -0.339. The number of halogens is 1. The van der Waals surface area contributed by atoms with Crippen LogP contribution in [0.2, 0.25) is 0 Å². The molecule has 0 aromatic rings. The molecule has 0 spiro atoms. The molecule has 2 N–H and O–H groups in total. The predicted octanol–water partition coefficient (Wildman–Crippen LogP) is 1.21. The summed E-state index contributed by atoms with van der Waals surface area (Å²) >= 11 is 0. The Balaban J connectivity index is 0.00000225. The minimum Gasteiger partial charge on any atom is -0.480 e. The van der Waals surface area contributed by atoms with E-state index in [1.165, 1.54) is 6.42 Å². The predicted molar refractivity (Wildman–Crippen MR) is 61.0 cm³/mol. The monoisotopic (exact) mass is 251 g/mol. The van der Waals surface area contributed by atoms with E-state index in [0.717, 1.165) is 25.7 Å². The van der Waals surface area contributed by atoms with Gasteiger partial charge in [-0.05, 0) is 12.8 Å². The first-order valence-electron chi connectivity index (χ1n) is 5.27. The average Bonchev–Trinajstić information content (AvgIpc) is 2.17. The van der Waals surface area contributed by atoms with Gasteiger partial charge >= 0.3 is 11.9 Å². The van der Waals surface area contributed by atoms with E-state index in [4.69, 9.17) is 10.2 Å². The average molecular weight is 252 g/mol. The topological polar surface area (TPSA) is 77.8 Å². The van der Waals surface area contributed by atoms with Gasteiger partial charge in [0.05, 0.1) is 13.1 Å². The Hall–Kier alpha value is -0.810. The van der Waals surface area contributed by atoms with E-state index < -0.39 is 11.9 Å². The van der Waals surface area contributed by atoms with Crippen molar-refractivity contribution in [3.8, 4) is 0 Å². The quantitative estimate of drug-likeness (QED) is 0.768. The van der Waals surface area contributed by atoms with Crippen LogP contribution in [0, 0.1) is 0 Å². The van der Waals surface area contributed by atoms with Crippen molar-refractivity contribution in [2.75, 3.05) is 13.1 Å². The molecule has 0 aliphatic heterocycles. The van der Waals surface area contributed by atoms with Gasteiger partial charge in [-0.3, -0.25) is 14.5 Å². The Morgan fingerprint density at radius 3 is 1.81 bits per heavy atom. The van der Waals surface area contributed by atoms with Gasteiger partial charge in [0.1, 0.15) is 0 Å². The van der Waals surface area contributed by atoms with E-state index in [1.807, 2.05) is 0 Å². The van der Waals surface area contributed by atoms with Crippen molar-refractivity contribution < 1.29 is 19.8 Å². The molecule has 0 amide bonds. The van der Waals surface area contributed by atoms with Gasteiger partial charge in [-0.25, -0.2) is 0 Å². The first kappa shape index (κ1) is 15.2. The second-order valence-corrected chi connectivity index (χ2v) is 3.98. The smallest absolute Gasteiger partial charge is 0.317 e. The fraction of sp³-hybridized carbons (Fsp3) is 0.800. The standard InChI is InChI=1S/C10H17NO4.ClH/c12-9(13)6-11(7-10(14)15)8-4-2-1-3-5-8;/h8H,1-7H2,(H,12,13)(H,14,15);1H. The number of nitrogens with zero attached hydrogens (tertiary/aromatic N) is 1. The molecule has 0 radical (unpaired) electrons. The minimum atomic E-state index is -0.957. The zero-order valence-electron chi connectivity index (χ0n) is 9.09. The van der Waals surface area contributed by atoms with Crippen molar-refractivity contribution >= 4 is 24.3 Å². The van der Waals surface area contributed by atoms with Crippen molar-refractivity contribution in [3.05, 3.63) is 0 Å². The van der Waals surface area contributed by atoms with Crippen molar-refractivity contribution in [2.45, 2.75) is 38.1 Å². The van der Waals surface area contributed by atoms with Crippen LogP contribution < -0.4 is 0 Å². The lowest BCUT2D eigenvalue weighted by atomic mass is 9.94. The Labute approximate surface area is 101 Å². The van der Waals surface area contributed by atoms with E-state index in [9.17, 15) is 9.59 Å². The maximum atomic E-state index is 10.6. The van der Waals surface area contributed by atoms with Gasteiger partial charge in [0.25, 0.3) is 0 Å². The van der Waals surface area contributed by atoms with E-state index in [1.54, 1.807) is 4.90 Å². The van der Waals surface area contributed by atoms with E-state index >= 15 is 0 Å². The third kappa shape index (κ3) is 5.32. The molecule has 16 heavy (non-hydrogen) atoms. The largest absolute Gasteiger partial charge is 0.480 e. The highest BCUT2D eigenvalue weighted by Crippen LogP contribution is 2.22. The Kier molecular flexibility index (Phi) is 7.08. The molecular weight excluding hydrogens is 234 g/mol. The maximum absolute atomic E-state index is 10.6. The molecule has 1 saturated carbocycles. The fourth-order valence-electron chi connectivity index (χ4n) is 2.11. The number of hydrogen-bond acceptors (Lipinski definition) is 3. The van der Waals surface area contributed by atoms with Crippen LogP contribution in [0.4, 0.5) is 0 Å². The number of hydrogen-bond donors (Lipinski definition) is 2. The lowest BCUT2D eigenvalue weighted by molar-refractivity contribution is -0.143. The summed E-state index contributed by atoms with van der Waals surface area (Å²) in [7, 11) is 0. The number of rotatable bonds is 5. The zero-order chi connectivity index (χ0) is 11.3. The molecule has 0 aromatic heterocycles. The summed E-state index contributed by atoms with van der Waals surface area (Å²) in [6.07, 6.45) is 5.15. The van der Waals surface area contributed by atoms with Crippen LogP contribution in [0.5, 0.6) is 0 Å². The molecular formula is C10H18ClNO4. The third-order valence-corrected chi connectivity index (χ3v) is 2.77. The summed E-state index contributed by atoms with van der Waals surface area (Å²) in [4.78, 5) is 22.8. The molecule has 0 atom stereocenters. The molecule has 0 aromatic carbocycles. The van der Waals surface area contributed by atoms with Crippen LogP contribution in [0.1, 0.15) is 32.1 Å². The highest BCUT2D eigenvalue weighted by Gasteiger charge is 2.24. The molecule has 1 aliphatic rings. The SMILES string of the molecule is Cl.O=C(O)CN(CC(=O)O)C1CCCCC1. The number of carboxylic acid groups (broad SMARTS) is 2. The zero-order valence-corrected chi connectivity index (χ0v) is 9.91. The van der Waals surface area contributed by atoms with Crippen LogP contribution in [-0.2, 0) is 9.59 Å². The number of carbonyl (C=O) groups is 2. The van der Waals surface area contributed by atoms with Crippen molar-refractivity contribution in [3.63, 3.8) is 0 Å². The Morgan fingerprint density at radius 1 is 1.00 bits per heavy atom. The van der Waals surface area contributed by atoms with Crippen LogP contribution in [0.3, 0.4) is 0 Å². The molecule has 0 heterocycles. The lowest BCUT2D eigenvalue weighted by Crippen LogP contribution is -2.43. The van der Waals surface area contributed by atoms with Crippen molar-refractivity contribution in [1.82, 2.24) is 4.90 Å². The summed E-state index contributed by atoms with van der Waals surface area (Å²) in [5, 5.41) is 17.4. The Morgan fingerprint density at radius 2 is 1.44 bits per heavy atom. The summed E-state index contributed by atoms with van der Waals surface area (Å²) in [6, 6.07) is 0.131. The molecule has 1 aliphatic carbocycles. The summed E-state index contributed by atoms with van der Waals surface area (Å²) < 4.78 is 0. The normalized spacial score (nSPS) is 16.8. The van der Waals surface area contributed by atoms with Crippen molar-refractivity contribution in [1.29, 1.82) is 0 Å². The van der Waals surface area contributed by atoms with E-state index in [2.05, 4.69) is 0 Å². The number of carboxylic acids is 2. The number of aliphatic carboxylic acids is 2. The van der Waals surface area contributed by atoms with Crippen molar-refractivity contribution in [2.24, 2.45) is 0 Å². The summed E-state index contributed by atoms with van der Waals surface area (Å²) in [5.74, 6) is -1.91. The molecule has 6 heteroatoms. The second kappa shape index (κ2) is 7.46. The summed E-state index contributed by atoms with van der Waals surface area (Å²) in [5.41, 5.74) is 0.